The second kappa shape index (κ2) is 4.15. The molecular weight excluding hydrogens is 250 g/mol. The Balaban J connectivity index is 2.46. The quantitative estimate of drug-likeness (QED) is 0.787. The molecule has 18 heavy (non-hydrogen) atoms. The Bertz CT molecular complexity index is 496. The molecule has 0 saturated heterocycles. The predicted molar refractivity (Wildman–Crippen MR) is 58.4 cm³/mol. The summed E-state index contributed by atoms with van der Waals surface area (Å²) in [6, 6.07) is 2.03. The summed E-state index contributed by atoms with van der Waals surface area (Å²) in [7, 11) is 1.56. The van der Waals surface area contributed by atoms with E-state index in [0.717, 1.165) is 12.1 Å². The molecule has 0 bridgehead atoms. The number of rotatable bonds is 1. The number of guanidine groups is 1. The molecule has 0 aliphatic carbocycles. The zero-order valence-corrected chi connectivity index (χ0v) is 9.50. The first-order valence-corrected chi connectivity index (χ1v) is 5.20. The maximum absolute atomic E-state index is 13.0. The van der Waals surface area contributed by atoms with Crippen molar-refractivity contribution < 1.29 is 17.6 Å². The van der Waals surface area contributed by atoms with Crippen LogP contribution in [-0.2, 0) is 6.18 Å². The zero-order chi connectivity index (χ0) is 13.5. The Labute approximate surface area is 101 Å². The van der Waals surface area contributed by atoms with Crippen molar-refractivity contribution in [2.45, 2.75) is 12.2 Å². The Kier molecular flexibility index (Phi) is 2.92. The van der Waals surface area contributed by atoms with E-state index in [1.165, 1.54) is 4.90 Å². The van der Waals surface area contributed by atoms with Crippen LogP contribution in [0.2, 0.25) is 0 Å². The average Bonchev–Trinajstić information content (AvgIpc) is 2.59. The molecule has 0 saturated carbocycles. The first-order chi connectivity index (χ1) is 8.30. The fraction of sp³-hybridized carbons (Fsp3) is 0.364. The van der Waals surface area contributed by atoms with Crippen molar-refractivity contribution in [1.29, 1.82) is 0 Å². The molecule has 3 nitrogen and oxygen atoms in total. The molecule has 1 aromatic rings. The van der Waals surface area contributed by atoms with E-state index in [1.54, 1.807) is 7.05 Å². The van der Waals surface area contributed by atoms with Gasteiger partial charge in [0, 0.05) is 7.05 Å². The highest BCUT2D eigenvalue weighted by atomic mass is 19.4. The fourth-order valence-corrected chi connectivity index (χ4v) is 1.95. The smallest absolute Gasteiger partial charge is 0.370 e. The molecule has 1 heterocycles. The van der Waals surface area contributed by atoms with Gasteiger partial charge >= 0.3 is 6.18 Å². The minimum atomic E-state index is -4.60. The molecule has 1 aromatic carbocycles. The molecular formula is C11H11F4N3. The van der Waals surface area contributed by atoms with Gasteiger partial charge in [-0.3, -0.25) is 4.99 Å². The fourth-order valence-electron chi connectivity index (χ4n) is 1.95. The number of nitrogens with zero attached hydrogens (tertiary/aromatic N) is 2. The first-order valence-electron chi connectivity index (χ1n) is 5.20. The van der Waals surface area contributed by atoms with Gasteiger partial charge in [0.1, 0.15) is 5.82 Å². The number of aliphatic imine (C=N–C) groups is 1. The van der Waals surface area contributed by atoms with Gasteiger partial charge in [-0.25, -0.2) is 4.39 Å². The average molecular weight is 261 g/mol. The Morgan fingerprint density at radius 2 is 2.06 bits per heavy atom. The van der Waals surface area contributed by atoms with Gasteiger partial charge in [-0.05, 0) is 17.7 Å². The second-order valence-corrected chi connectivity index (χ2v) is 4.05. The van der Waals surface area contributed by atoms with Gasteiger partial charge in [0.15, 0.2) is 5.96 Å². The zero-order valence-electron chi connectivity index (χ0n) is 9.50. The van der Waals surface area contributed by atoms with Gasteiger partial charge in [0.2, 0.25) is 0 Å². The van der Waals surface area contributed by atoms with Crippen molar-refractivity contribution in [2.24, 2.45) is 10.7 Å². The number of hydrogen-bond donors (Lipinski definition) is 1. The third-order valence-corrected chi connectivity index (χ3v) is 2.93. The normalized spacial score (nSPS) is 20.2. The van der Waals surface area contributed by atoms with Crippen molar-refractivity contribution in [3.05, 3.63) is 35.1 Å². The number of hydrogen-bond acceptors (Lipinski definition) is 3. The van der Waals surface area contributed by atoms with Crippen LogP contribution in [0.3, 0.4) is 0 Å². The van der Waals surface area contributed by atoms with Crippen LogP contribution in [0, 0.1) is 5.82 Å². The Morgan fingerprint density at radius 3 is 2.56 bits per heavy atom. The highest BCUT2D eigenvalue weighted by Crippen LogP contribution is 2.37. The minimum absolute atomic E-state index is 0.0180. The summed E-state index contributed by atoms with van der Waals surface area (Å²) < 4.78 is 51.5. The van der Waals surface area contributed by atoms with Crippen LogP contribution in [0.15, 0.2) is 23.2 Å². The second-order valence-electron chi connectivity index (χ2n) is 4.05. The highest BCUT2D eigenvalue weighted by Gasteiger charge is 2.37. The van der Waals surface area contributed by atoms with Crippen LogP contribution in [0.1, 0.15) is 17.2 Å². The molecule has 1 atom stereocenters. The summed E-state index contributed by atoms with van der Waals surface area (Å²) in [4.78, 5) is 5.33. The summed E-state index contributed by atoms with van der Waals surface area (Å²) >= 11 is 0. The third kappa shape index (κ3) is 2.12. The van der Waals surface area contributed by atoms with E-state index in [0.29, 0.717) is 6.07 Å². The van der Waals surface area contributed by atoms with Gasteiger partial charge in [-0.2, -0.15) is 13.2 Å². The van der Waals surface area contributed by atoms with Crippen LogP contribution < -0.4 is 5.73 Å². The molecule has 1 aliphatic rings. The van der Waals surface area contributed by atoms with Crippen molar-refractivity contribution in [2.75, 3.05) is 13.6 Å². The lowest BCUT2D eigenvalue weighted by atomic mass is 9.99. The number of nitrogens with two attached hydrogens (primary N) is 1. The van der Waals surface area contributed by atoms with E-state index >= 15 is 0 Å². The maximum Gasteiger partial charge on any atom is 0.416 e. The molecule has 2 N–H and O–H groups in total. The van der Waals surface area contributed by atoms with Gasteiger partial charge in [0.25, 0.3) is 0 Å². The van der Waals surface area contributed by atoms with E-state index in [2.05, 4.69) is 4.99 Å². The van der Waals surface area contributed by atoms with Crippen LogP contribution in [-0.4, -0.2) is 24.5 Å². The maximum atomic E-state index is 13.0. The lowest BCUT2D eigenvalue weighted by Gasteiger charge is -2.24. The summed E-state index contributed by atoms with van der Waals surface area (Å²) in [6.45, 7) is 0.136. The monoisotopic (exact) mass is 261 g/mol. The number of likely N-dealkylation sites (N-methyl/N-ethyl adjacent to an activating group) is 1. The number of benzene rings is 1. The van der Waals surface area contributed by atoms with E-state index in [9.17, 15) is 17.6 Å². The van der Waals surface area contributed by atoms with E-state index < -0.39 is 23.6 Å². The Hall–Kier alpha value is -1.79. The molecule has 98 valence electrons. The van der Waals surface area contributed by atoms with Gasteiger partial charge in [-0.1, -0.05) is 6.07 Å². The van der Waals surface area contributed by atoms with Gasteiger partial charge in [-0.15, -0.1) is 0 Å². The molecule has 7 heteroatoms. The van der Waals surface area contributed by atoms with E-state index in [1.807, 2.05) is 0 Å². The van der Waals surface area contributed by atoms with E-state index in [-0.39, 0.29) is 18.1 Å². The molecule has 0 fully saturated rings. The van der Waals surface area contributed by atoms with Gasteiger partial charge in [0.05, 0.1) is 18.2 Å². The van der Waals surface area contributed by atoms with Crippen LogP contribution in [0.4, 0.5) is 17.6 Å². The first kappa shape index (κ1) is 12.7. The third-order valence-electron chi connectivity index (χ3n) is 2.93. The number of alkyl halides is 3. The number of halogens is 4. The standard InChI is InChI=1S/C11H11F4N3/c1-18-9(5-17-10(18)16)7-3-2-6(12)4-8(7)11(13,14)15/h2-4,9H,5H2,1H3,(H2,16,17). The van der Waals surface area contributed by atoms with E-state index in [4.69, 9.17) is 5.73 Å². The summed E-state index contributed by atoms with van der Waals surface area (Å²) in [5.74, 6) is -0.738. The molecule has 0 aromatic heterocycles. The largest absolute Gasteiger partial charge is 0.416 e. The van der Waals surface area contributed by atoms with Crippen molar-refractivity contribution in [1.82, 2.24) is 4.90 Å². The molecule has 0 radical (unpaired) electrons. The lowest BCUT2D eigenvalue weighted by molar-refractivity contribution is -0.138. The molecule has 1 aliphatic heterocycles. The molecule has 0 amide bonds. The Morgan fingerprint density at radius 1 is 1.39 bits per heavy atom. The van der Waals surface area contributed by atoms with Crippen molar-refractivity contribution in [3.8, 4) is 0 Å². The molecule has 0 spiro atoms. The summed E-state index contributed by atoms with van der Waals surface area (Å²) in [5.41, 5.74) is 4.52. The topological polar surface area (TPSA) is 41.6 Å². The van der Waals surface area contributed by atoms with Gasteiger partial charge < -0.3 is 10.6 Å². The summed E-state index contributed by atoms with van der Waals surface area (Å²) in [5, 5.41) is 0. The lowest BCUT2D eigenvalue weighted by Crippen LogP contribution is -2.33. The van der Waals surface area contributed by atoms with Crippen LogP contribution in [0.5, 0.6) is 0 Å². The SMILES string of the molecule is CN1C(N)=NCC1c1ccc(F)cc1C(F)(F)F. The predicted octanol–water partition coefficient (Wildman–Crippen LogP) is 2.15. The van der Waals surface area contributed by atoms with Crippen LogP contribution >= 0.6 is 0 Å². The van der Waals surface area contributed by atoms with Crippen molar-refractivity contribution in [3.63, 3.8) is 0 Å². The minimum Gasteiger partial charge on any atom is -0.370 e. The highest BCUT2D eigenvalue weighted by molar-refractivity contribution is 5.80. The van der Waals surface area contributed by atoms with Crippen molar-refractivity contribution >= 4 is 5.96 Å². The molecule has 2 rings (SSSR count). The summed E-state index contributed by atoms with van der Waals surface area (Å²) in [6.07, 6.45) is -4.60. The van der Waals surface area contributed by atoms with Crippen LogP contribution in [0.25, 0.3) is 0 Å². The molecule has 1 unspecified atom stereocenters.